The van der Waals surface area contributed by atoms with E-state index in [9.17, 15) is 26.7 Å². The van der Waals surface area contributed by atoms with Crippen LogP contribution in [0.2, 0.25) is 0 Å². The Bertz CT molecular complexity index is 314. The third-order valence-corrected chi connectivity index (χ3v) is 2.79. The molecule has 2 unspecified atom stereocenters. The zero-order valence-electron chi connectivity index (χ0n) is 8.85. The van der Waals surface area contributed by atoms with Gasteiger partial charge in [-0.3, -0.25) is 4.79 Å². The summed E-state index contributed by atoms with van der Waals surface area (Å²) in [5.41, 5.74) is -2.69. The van der Waals surface area contributed by atoms with Crippen LogP contribution in [0.25, 0.3) is 0 Å². The summed E-state index contributed by atoms with van der Waals surface area (Å²) in [6, 6.07) is 0. The van der Waals surface area contributed by atoms with Gasteiger partial charge in [-0.15, -0.1) is 0 Å². The topological polar surface area (TPSA) is 46.5 Å². The first kappa shape index (κ1) is 14.1. The number of hydrogen-bond acceptors (Lipinski definition) is 2. The summed E-state index contributed by atoms with van der Waals surface area (Å²) < 4.78 is 67.4. The molecule has 1 rings (SSSR count). The highest BCUT2D eigenvalue weighted by atomic mass is 19.4. The summed E-state index contributed by atoms with van der Waals surface area (Å²) in [7, 11) is 0. The molecule has 1 heterocycles. The lowest BCUT2D eigenvalue weighted by atomic mass is 9.93. The average molecular weight is 262 g/mol. The number of aliphatic carboxylic acids is 1. The summed E-state index contributed by atoms with van der Waals surface area (Å²) in [4.78, 5) is 10.3. The molecule has 8 heteroatoms. The van der Waals surface area contributed by atoms with Gasteiger partial charge in [0.05, 0.1) is 12.5 Å². The highest BCUT2D eigenvalue weighted by molar-refractivity contribution is 5.67. The summed E-state index contributed by atoms with van der Waals surface area (Å²) in [5, 5.41) is 8.42. The monoisotopic (exact) mass is 262 g/mol. The molecule has 0 radical (unpaired) electrons. The second-order valence-corrected chi connectivity index (χ2v) is 4.18. The van der Waals surface area contributed by atoms with Crippen LogP contribution >= 0.6 is 0 Å². The first-order valence-corrected chi connectivity index (χ1v) is 4.84. The Balaban J connectivity index is 2.82. The van der Waals surface area contributed by atoms with Crippen LogP contribution in [0.5, 0.6) is 0 Å². The summed E-state index contributed by atoms with van der Waals surface area (Å²) in [5.74, 6) is -6.29. The normalized spacial score (nSPS) is 30.6. The Morgan fingerprint density at radius 2 is 1.94 bits per heavy atom. The fourth-order valence-corrected chi connectivity index (χ4v) is 1.79. The van der Waals surface area contributed by atoms with Crippen LogP contribution in [0.3, 0.4) is 0 Å². The maximum absolute atomic E-state index is 13.1. The summed E-state index contributed by atoms with van der Waals surface area (Å²) >= 11 is 0. The van der Waals surface area contributed by atoms with Gasteiger partial charge >= 0.3 is 18.1 Å². The quantitative estimate of drug-likeness (QED) is 0.795. The Morgan fingerprint density at radius 1 is 1.41 bits per heavy atom. The molecule has 0 aromatic rings. The van der Waals surface area contributed by atoms with Gasteiger partial charge in [0.25, 0.3) is 0 Å². The second kappa shape index (κ2) is 4.08. The number of alkyl halides is 5. The van der Waals surface area contributed by atoms with E-state index in [1.807, 2.05) is 0 Å². The zero-order chi connectivity index (χ0) is 13.5. The van der Waals surface area contributed by atoms with Crippen molar-refractivity contribution in [2.75, 3.05) is 0 Å². The van der Waals surface area contributed by atoms with Crippen molar-refractivity contribution in [3.8, 4) is 0 Å². The lowest BCUT2D eigenvalue weighted by Gasteiger charge is -2.34. The standard InChI is InChI=1S/C9H11F5O3/c1-7(8(10,11)9(12,13)14)3-2-5(17-7)4-6(15)16/h5H,2-4H2,1H3,(H,15,16). The van der Waals surface area contributed by atoms with Crippen LogP contribution in [0.4, 0.5) is 22.0 Å². The number of hydrogen-bond donors (Lipinski definition) is 1. The lowest BCUT2D eigenvalue weighted by molar-refractivity contribution is -0.342. The van der Waals surface area contributed by atoms with Gasteiger partial charge in [0.2, 0.25) is 0 Å². The van der Waals surface area contributed by atoms with Gasteiger partial charge in [-0.05, 0) is 19.8 Å². The molecule has 100 valence electrons. The van der Waals surface area contributed by atoms with E-state index >= 15 is 0 Å². The largest absolute Gasteiger partial charge is 0.481 e. The Kier molecular flexibility index (Phi) is 3.39. The Labute approximate surface area is 93.5 Å². The number of ether oxygens (including phenoxy) is 1. The van der Waals surface area contributed by atoms with Crippen molar-refractivity contribution >= 4 is 5.97 Å². The molecular weight excluding hydrogens is 251 g/mol. The minimum absolute atomic E-state index is 0.130. The smallest absolute Gasteiger partial charge is 0.456 e. The maximum atomic E-state index is 13.1. The van der Waals surface area contributed by atoms with Crippen LogP contribution in [-0.2, 0) is 9.53 Å². The lowest BCUT2D eigenvalue weighted by Crippen LogP contribution is -2.55. The van der Waals surface area contributed by atoms with Crippen molar-refractivity contribution in [1.82, 2.24) is 0 Å². The maximum Gasteiger partial charge on any atom is 0.456 e. The van der Waals surface area contributed by atoms with Gasteiger partial charge in [0.1, 0.15) is 5.60 Å². The first-order valence-electron chi connectivity index (χ1n) is 4.84. The van der Waals surface area contributed by atoms with E-state index in [-0.39, 0.29) is 6.42 Å². The number of carboxylic acids is 1. The number of carboxylic acid groups (broad SMARTS) is 1. The van der Waals surface area contributed by atoms with Crippen molar-refractivity contribution in [1.29, 1.82) is 0 Å². The highest BCUT2D eigenvalue weighted by Gasteiger charge is 2.70. The van der Waals surface area contributed by atoms with Gasteiger partial charge in [-0.25, -0.2) is 0 Å². The summed E-state index contributed by atoms with van der Waals surface area (Å²) in [6.45, 7) is 0.655. The van der Waals surface area contributed by atoms with Crippen molar-refractivity contribution in [2.24, 2.45) is 0 Å². The van der Waals surface area contributed by atoms with E-state index in [0.29, 0.717) is 6.92 Å². The molecule has 0 bridgehead atoms. The molecule has 0 aromatic carbocycles. The van der Waals surface area contributed by atoms with E-state index in [1.165, 1.54) is 0 Å². The molecule has 0 aliphatic carbocycles. The minimum atomic E-state index is -5.71. The van der Waals surface area contributed by atoms with Crippen LogP contribution in [0.15, 0.2) is 0 Å². The third kappa shape index (κ3) is 2.51. The van der Waals surface area contributed by atoms with Gasteiger partial charge in [0, 0.05) is 0 Å². The predicted molar refractivity (Wildman–Crippen MR) is 45.8 cm³/mol. The summed E-state index contributed by atoms with van der Waals surface area (Å²) in [6.07, 6.45) is -8.05. The minimum Gasteiger partial charge on any atom is -0.481 e. The van der Waals surface area contributed by atoms with Gasteiger partial charge in [-0.1, -0.05) is 0 Å². The molecule has 1 aliphatic rings. The predicted octanol–water partition coefficient (Wildman–Crippen LogP) is 2.60. The molecule has 1 aliphatic heterocycles. The van der Waals surface area contributed by atoms with E-state index < -0.39 is 42.6 Å². The van der Waals surface area contributed by atoms with Gasteiger partial charge in [0.15, 0.2) is 0 Å². The average Bonchev–Trinajstić information content (AvgIpc) is 2.45. The Morgan fingerprint density at radius 3 is 2.35 bits per heavy atom. The molecule has 1 N–H and O–H groups in total. The van der Waals surface area contributed by atoms with Crippen molar-refractivity contribution in [3.05, 3.63) is 0 Å². The molecular formula is C9H11F5O3. The molecule has 0 aromatic heterocycles. The fourth-order valence-electron chi connectivity index (χ4n) is 1.79. The van der Waals surface area contributed by atoms with E-state index in [4.69, 9.17) is 5.11 Å². The van der Waals surface area contributed by atoms with E-state index in [0.717, 1.165) is 0 Å². The van der Waals surface area contributed by atoms with Crippen LogP contribution in [0.1, 0.15) is 26.2 Å². The molecule has 0 spiro atoms. The molecule has 1 saturated heterocycles. The number of carbonyl (C=O) groups is 1. The van der Waals surface area contributed by atoms with E-state index in [2.05, 4.69) is 4.74 Å². The fraction of sp³-hybridized carbons (Fsp3) is 0.889. The van der Waals surface area contributed by atoms with E-state index in [1.54, 1.807) is 0 Å². The van der Waals surface area contributed by atoms with Crippen LogP contribution in [-0.4, -0.2) is 34.9 Å². The van der Waals surface area contributed by atoms with Gasteiger partial charge in [-0.2, -0.15) is 22.0 Å². The first-order chi connectivity index (χ1) is 7.49. The number of rotatable bonds is 3. The third-order valence-electron chi connectivity index (χ3n) is 2.79. The SMILES string of the molecule is CC1(C(F)(F)C(F)(F)F)CCC(CC(=O)O)O1. The molecule has 17 heavy (non-hydrogen) atoms. The molecule has 0 saturated carbocycles. The van der Waals surface area contributed by atoms with Gasteiger partial charge < -0.3 is 9.84 Å². The van der Waals surface area contributed by atoms with Crippen molar-refractivity contribution in [2.45, 2.75) is 50.0 Å². The highest BCUT2D eigenvalue weighted by Crippen LogP contribution is 2.50. The molecule has 1 fully saturated rings. The Hall–Kier alpha value is -0.920. The van der Waals surface area contributed by atoms with Crippen molar-refractivity contribution in [3.63, 3.8) is 0 Å². The molecule has 3 nitrogen and oxygen atoms in total. The molecule has 0 amide bonds. The van der Waals surface area contributed by atoms with Crippen molar-refractivity contribution < 1.29 is 36.6 Å². The van der Waals surface area contributed by atoms with Crippen LogP contribution in [0, 0.1) is 0 Å². The molecule has 2 atom stereocenters. The second-order valence-electron chi connectivity index (χ2n) is 4.18. The zero-order valence-corrected chi connectivity index (χ0v) is 8.85. The van der Waals surface area contributed by atoms with Crippen LogP contribution < -0.4 is 0 Å². The number of halogens is 5.